The number of aliphatic hydroxyl groups is 1. The molecule has 0 spiro atoms. The molecular formula is C11H9ClFNO3S2. The SMILES string of the molecule is O=S(=O)(Nc1cc(Cl)ccc1F)c1ccc(CO)s1. The number of halogens is 2. The maximum atomic E-state index is 13.5. The lowest BCUT2D eigenvalue weighted by Crippen LogP contribution is -2.12. The Bertz CT molecular complexity index is 700. The molecule has 102 valence electrons. The minimum atomic E-state index is -3.88. The molecule has 1 aromatic carbocycles. The van der Waals surface area contributed by atoms with Crippen LogP contribution in [-0.2, 0) is 16.6 Å². The Balaban J connectivity index is 2.33. The number of anilines is 1. The van der Waals surface area contributed by atoms with Crippen LogP contribution in [0.3, 0.4) is 0 Å². The van der Waals surface area contributed by atoms with E-state index in [4.69, 9.17) is 16.7 Å². The summed E-state index contributed by atoms with van der Waals surface area (Å²) < 4.78 is 39.6. The summed E-state index contributed by atoms with van der Waals surface area (Å²) >= 11 is 6.60. The van der Waals surface area contributed by atoms with E-state index in [2.05, 4.69) is 4.72 Å². The molecule has 0 saturated heterocycles. The molecule has 0 amide bonds. The predicted octanol–water partition coefficient (Wildman–Crippen LogP) is 2.83. The lowest BCUT2D eigenvalue weighted by molar-refractivity contribution is 0.285. The smallest absolute Gasteiger partial charge is 0.271 e. The first-order valence-electron chi connectivity index (χ1n) is 5.10. The highest BCUT2D eigenvalue weighted by Crippen LogP contribution is 2.26. The van der Waals surface area contributed by atoms with Gasteiger partial charge in [-0.05, 0) is 30.3 Å². The van der Waals surface area contributed by atoms with Crippen LogP contribution in [0.1, 0.15) is 4.88 Å². The number of sulfonamides is 1. The first-order valence-corrected chi connectivity index (χ1v) is 7.77. The first-order chi connectivity index (χ1) is 8.92. The first kappa shape index (κ1) is 14.3. The number of hydrogen-bond donors (Lipinski definition) is 2. The van der Waals surface area contributed by atoms with Gasteiger partial charge in [-0.3, -0.25) is 4.72 Å². The quantitative estimate of drug-likeness (QED) is 0.910. The van der Waals surface area contributed by atoms with Gasteiger partial charge in [0.15, 0.2) is 0 Å². The number of rotatable bonds is 4. The second-order valence-corrected chi connectivity index (χ2v) is 7.12. The average Bonchev–Trinajstić information content (AvgIpc) is 2.83. The zero-order valence-corrected chi connectivity index (χ0v) is 11.8. The summed E-state index contributed by atoms with van der Waals surface area (Å²) in [5, 5.41) is 9.13. The van der Waals surface area contributed by atoms with Gasteiger partial charge in [-0.25, -0.2) is 12.8 Å². The number of hydrogen-bond acceptors (Lipinski definition) is 4. The normalized spacial score (nSPS) is 11.5. The lowest BCUT2D eigenvalue weighted by atomic mass is 10.3. The maximum Gasteiger partial charge on any atom is 0.271 e. The van der Waals surface area contributed by atoms with Gasteiger partial charge < -0.3 is 5.11 Å². The van der Waals surface area contributed by atoms with Crippen LogP contribution in [0.2, 0.25) is 5.02 Å². The molecule has 0 fully saturated rings. The molecule has 19 heavy (non-hydrogen) atoms. The second kappa shape index (κ2) is 5.46. The molecule has 0 bridgehead atoms. The summed E-state index contributed by atoms with van der Waals surface area (Å²) in [6.45, 7) is -0.244. The average molecular weight is 322 g/mol. The summed E-state index contributed by atoms with van der Waals surface area (Å²) in [4.78, 5) is 0.506. The molecule has 0 aliphatic carbocycles. The second-order valence-electron chi connectivity index (χ2n) is 3.61. The zero-order chi connectivity index (χ0) is 14.0. The topological polar surface area (TPSA) is 66.4 Å². The molecule has 2 N–H and O–H groups in total. The van der Waals surface area contributed by atoms with Crippen LogP contribution in [0.4, 0.5) is 10.1 Å². The van der Waals surface area contributed by atoms with E-state index in [1.807, 2.05) is 0 Å². The van der Waals surface area contributed by atoms with E-state index in [-0.39, 0.29) is 21.5 Å². The van der Waals surface area contributed by atoms with Gasteiger partial charge in [0, 0.05) is 9.90 Å². The van der Waals surface area contributed by atoms with Crippen molar-refractivity contribution in [1.29, 1.82) is 0 Å². The molecule has 0 aliphatic heterocycles. The number of aliphatic hydroxyl groups excluding tert-OH is 1. The van der Waals surface area contributed by atoms with Crippen molar-refractivity contribution in [3.63, 3.8) is 0 Å². The lowest BCUT2D eigenvalue weighted by Gasteiger charge is -2.07. The third-order valence-electron chi connectivity index (χ3n) is 2.23. The predicted molar refractivity (Wildman–Crippen MR) is 72.5 cm³/mol. The molecule has 0 aliphatic rings. The number of nitrogens with one attached hydrogen (secondary N) is 1. The van der Waals surface area contributed by atoms with Crippen LogP contribution in [0.5, 0.6) is 0 Å². The Hall–Kier alpha value is -1.15. The van der Waals surface area contributed by atoms with E-state index in [0.29, 0.717) is 4.88 Å². The van der Waals surface area contributed by atoms with Crippen LogP contribution in [0.25, 0.3) is 0 Å². The standard InChI is InChI=1S/C11H9ClFNO3S2/c12-7-1-3-9(13)10(5-7)14-19(16,17)11-4-2-8(6-15)18-11/h1-5,14-15H,6H2. The van der Waals surface area contributed by atoms with E-state index in [1.165, 1.54) is 24.3 Å². The Morgan fingerprint density at radius 2 is 2.05 bits per heavy atom. The third kappa shape index (κ3) is 3.24. The van der Waals surface area contributed by atoms with Crippen molar-refractivity contribution >= 4 is 38.6 Å². The van der Waals surface area contributed by atoms with Crippen molar-refractivity contribution in [1.82, 2.24) is 0 Å². The fourth-order valence-electron chi connectivity index (χ4n) is 1.36. The van der Waals surface area contributed by atoms with Crippen molar-refractivity contribution in [3.8, 4) is 0 Å². The van der Waals surface area contributed by atoms with Gasteiger partial charge in [0.05, 0.1) is 12.3 Å². The summed E-state index contributed by atoms with van der Waals surface area (Å²) in [6.07, 6.45) is 0. The molecule has 4 nitrogen and oxygen atoms in total. The van der Waals surface area contributed by atoms with Gasteiger partial charge in [-0.1, -0.05) is 11.6 Å². The van der Waals surface area contributed by atoms with E-state index >= 15 is 0 Å². The van der Waals surface area contributed by atoms with E-state index in [9.17, 15) is 12.8 Å². The van der Waals surface area contributed by atoms with Gasteiger partial charge >= 0.3 is 0 Å². The molecule has 1 heterocycles. The van der Waals surface area contributed by atoms with Crippen LogP contribution in [0.15, 0.2) is 34.5 Å². The van der Waals surface area contributed by atoms with Crippen molar-refractivity contribution < 1.29 is 17.9 Å². The van der Waals surface area contributed by atoms with Crippen LogP contribution in [-0.4, -0.2) is 13.5 Å². The molecular weight excluding hydrogens is 313 g/mol. The number of thiophene rings is 1. The molecule has 0 atom stereocenters. The molecule has 0 unspecified atom stereocenters. The van der Waals surface area contributed by atoms with Gasteiger partial charge in [-0.2, -0.15) is 0 Å². The number of benzene rings is 1. The fourth-order valence-corrected chi connectivity index (χ4v) is 3.80. The Kier molecular flexibility index (Phi) is 4.10. The van der Waals surface area contributed by atoms with Crippen molar-refractivity contribution in [2.45, 2.75) is 10.8 Å². The minimum absolute atomic E-state index is 0.00377. The van der Waals surface area contributed by atoms with Gasteiger partial charge in [-0.15, -0.1) is 11.3 Å². The summed E-state index contributed by atoms with van der Waals surface area (Å²) in [6, 6.07) is 6.43. The van der Waals surface area contributed by atoms with Crippen molar-refractivity contribution in [3.05, 3.63) is 46.0 Å². The minimum Gasteiger partial charge on any atom is -0.391 e. The van der Waals surface area contributed by atoms with Crippen molar-refractivity contribution in [2.75, 3.05) is 4.72 Å². The van der Waals surface area contributed by atoms with Crippen molar-refractivity contribution in [2.24, 2.45) is 0 Å². The van der Waals surface area contributed by atoms with Gasteiger partial charge in [0.25, 0.3) is 10.0 Å². The highest BCUT2D eigenvalue weighted by molar-refractivity contribution is 7.94. The molecule has 0 radical (unpaired) electrons. The third-order valence-corrected chi connectivity index (χ3v) is 5.39. The highest BCUT2D eigenvalue weighted by Gasteiger charge is 2.18. The van der Waals surface area contributed by atoms with E-state index < -0.39 is 15.8 Å². The monoisotopic (exact) mass is 321 g/mol. The summed E-state index contributed by atoms with van der Waals surface area (Å²) in [7, 11) is -3.88. The van der Waals surface area contributed by atoms with Gasteiger partial charge in [0.2, 0.25) is 0 Å². The Labute approximate surface area is 118 Å². The summed E-state index contributed by atoms with van der Waals surface area (Å²) in [5.41, 5.74) is -0.216. The molecule has 0 saturated carbocycles. The Morgan fingerprint density at radius 1 is 1.32 bits per heavy atom. The fraction of sp³-hybridized carbons (Fsp3) is 0.0909. The van der Waals surface area contributed by atoms with Crippen LogP contribution < -0.4 is 4.72 Å². The van der Waals surface area contributed by atoms with Crippen LogP contribution in [0, 0.1) is 5.82 Å². The summed E-state index contributed by atoms with van der Waals surface area (Å²) in [5.74, 6) is -0.716. The largest absolute Gasteiger partial charge is 0.391 e. The maximum absolute atomic E-state index is 13.5. The Morgan fingerprint density at radius 3 is 2.68 bits per heavy atom. The zero-order valence-electron chi connectivity index (χ0n) is 9.43. The van der Waals surface area contributed by atoms with E-state index in [0.717, 1.165) is 17.4 Å². The van der Waals surface area contributed by atoms with E-state index in [1.54, 1.807) is 0 Å². The van der Waals surface area contributed by atoms with Crippen LogP contribution >= 0.6 is 22.9 Å². The molecule has 1 aromatic heterocycles. The molecule has 2 rings (SSSR count). The highest BCUT2D eigenvalue weighted by atomic mass is 35.5. The van der Waals surface area contributed by atoms with Gasteiger partial charge in [0.1, 0.15) is 10.0 Å². The molecule has 8 heteroatoms. The molecule has 2 aromatic rings.